The number of rotatable bonds is 3. The highest BCUT2D eigenvalue weighted by molar-refractivity contribution is 5.82. The van der Waals surface area contributed by atoms with Gasteiger partial charge in [0.15, 0.2) is 0 Å². The zero-order valence-electron chi connectivity index (χ0n) is 10.9. The zero-order chi connectivity index (χ0) is 11.6. The highest BCUT2D eigenvalue weighted by Gasteiger charge is 2.39. The van der Waals surface area contributed by atoms with Crippen molar-refractivity contribution in [3.63, 3.8) is 0 Å². The molecule has 0 aromatic carbocycles. The highest BCUT2D eigenvalue weighted by Crippen LogP contribution is 2.44. The van der Waals surface area contributed by atoms with Crippen molar-refractivity contribution in [1.82, 2.24) is 0 Å². The Bertz CT molecular complexity index is 248. The summed E-state index contributed by atoms with van der Waals surface area (Å²) in [7, 11) is 0. The van der Waals surface area contributed by atoms with E-state index in [0.717, 1.165) is 18.8 Å². The fourth-order valence-electron chi connectivity index (χ4n) is 3.74. The molecule has 0 amide bonds. The maximum atomic E-state index is 12.3. The van der Waals surface area contributed by atoms with Crippen LogP contribution in [0.2, 0.25) is 0 Å². The molecule has 0 bridgehead atoms. The topological polar surface area (TPSA) is 17.1 Å². The van der Waals surface area contributed by atoms with Crippen molar-refractivity contribution in [2.45, 2.75) is 71.6 Å². The summed E-state index contributed by atoms with van der Waals surface area (Å²) in [4.78, 5) is 12.3. The minimum atomic E-state index is 0.283. The second-order valence-electron chi connectivity index (χ2n) is 6.61. The van der Waals surface area contributed by atoms with Gasteiger partial charge in [0.2, 0.25) is 0 Å². The first kappa shape index (κ1) is 12.1. The van der Waals surface area contributed by atoms with Crippen LogP contribution in [0.4, 0.5) is 0 Å². The van der Waals surface area contributed by atoms with E-state index in [2.05, 4.69) is 13.8 Å². The van der Waals surface area contributed by atoms with Crippen LogP contribution in [-0.2, 0) is 4.79 Å². The van der Waals surface area contributed by atoms with E-state index in [9.17, 15) is 4.79 Å². The molecule has 0 N–H and O–H groups in total. The van der Waals surface area contributed by atoms with E-state index in [1.807, 2.05) is 0 Å². The van der Waals surface area contributed by atoms with Gasteiger partial charge >= 0.3 is 0 Å². The van der Waals surface area contributed by atoms with Gasteiger partial charge in [0, 0.05) is 12.3 Å². The first-order valence-electron chi connectivity index (χ1n) is 7.12. The molecule has 0 radical (unpaired) electrons. The normalized spacial score (nSPS) is 30.5. The molecule has 1 unspecified atom stereocenters. The van der Waals surface area contributed by atoms with Crippen molar-refractivity contribution < 1.29 is 4.79 Å². The van der Waals surface area contributed by atoms with E-state index >= 15 is 0 Å². The number of ketones is 1. The predicted octanol–water partition coefficient (Wildman–Crippen LogP) is 4.35. The molecule has 0 spiro atoms. The molecule has 0 aliphatic heterocycles. The number of Topliss-reactive ketones (excluding diaryl/α,β-unsaturated/α-hetero) is 1. The largest absolute Gasteiger partial charge is 0.299 e. The fraction of sp³-hybridized carbons (Fsp3) is 0.933. The molecular weight excluding hydrogens is 196 g/mol. The zero-order valence-corrected chi connectivity index (χ0v) is 10.9. The average molecular weight is 222 g/mol. The third kappa shape index (κ3) is 2.67. The molecule has 1 heteroatoms. The van der Waals surface area contributed by atoms with Crippen LogP contribution in [0.25, 0.3) is 0 Å². The molecule has 2 aliphatic rings. The summed E-state index contributed by atoms with van der Waals surface area (Å²) in [5, 5.41) is 0. The van der Waals surface area contributed by atoms with Gasteiger partial charge in [-0.25, -0.2) is 0 Å². The van der Waals surface area contributed by atoms with Crippen molar-refractivity contribution in [3.8, 4) is 0 Å². The van der Waals surface area contributed by atoms with Gasteiger partial charge in [0.1, 0.15) is 5.78 Å². The van der Waals surface area contributed by atoms with Crippen LogP contribution in [0.1, 0.15) is 71.6 Å². The number of carbonyl (C=O) groups is 1. The molecule has 0 aromatic heterocycles. The maximum absolute atomic E-state index is 12.3. The molecule has 2 fully saturated rings. The van der Waals surface area contributed by atoms with Gasteiger partial charge < -0.3 is 0 Å². The number of carbonyl (C=O) groups excluding carboxylic acids is 1. The van der Waals surface area contributed by atoms with Crippen LogP contribution in [0, 0.1) is 17.3 Å². The molecule has 16 heavy (non-hydrogen) atoms. The third-order valence-electron chi connectivity index (χ3n) is 4.86. The van der Waals surface area contributed by atoms with Crippen molar-refractivity contribution in [3.05, 3.63) is 0 Å². The van der Waals surface area contributed by atoms with E-state index in [1.54, 1.807) is 0 Å². The van der Waals surface area contributed by atoms with Crippen molar-refractivity contribution in [2.75, 3.05) is 0 Å². The molecular formula is C15H26O. The van der Waals surface area contributed by atoms with Crippen LogP contribution in [-0.4, -0.2) is 5.78 Å². The van der Waals surface area contributed by atoms with E-state index in [0.29, 0.717) is 11.7 Å². The lowest BCUT2D eigenvalue weighted by Gasteiger charge is -2.28. The van der Waals surface area contributed by atoms with Crippen LogP contribution < -0.4 is 0 Å². The lowest BCUT2D eigenvalue weighted by molar-refractivity contribution is -0.126. The molecule has 2 rings (SSSR count). The Morgan fingerprint density at radius 3 is 2.31 bits per heavy atom. The Labute approximate surface area is 100.0 Å². The lowest BCUT2D eigenvalue weighted by Crippen LogP contribution is -2.27. The summed E-state index contributed by atoms with van der Waals surface area (Å²) in [6, 6.07) is 0. The fourth-order valence-corrected chi connectivity index (χ4v) is 3.74. The van der Waals surface area contributed by atoms with Gasteiger partial charge in [-0.2, -0.15) is 0 Å². The summed E-state index contributed by atoms with van der Waals surface area (Å²) in [5.74, 6) is 1.67. The summed E-state index contributed by atoms with van der Waals surface area (Å²) in [6.45, 7) is 4.56. The Morgan fingerprint density at radius 2 is 1.75 bits per heavy atom. The van der Waals surface area contributed by atoms with Crippen LogP contribution in [0.15, 0.2) is 0 Å². The molecule has 0 saturated heterocycles. The average Bonchev–Trinajstić information content (AvgIpc) is 2.59. The predicted molar refractivity (Wildman–Crippen MR) is 67.3 cm³/mol. The Balaban J connectivity index is 1.87. The summed E-state index contributed by atoms with van der Waals surface area (Å²) in [6.07, 6.45) is 11.2. The second kappa shape index (κ2) is 4.89. The molecule has 1 atom stereocenters. The Morgan fingerprint density at radius 1 is 1.06 bits per heavy atom. The number of hydrogen-bond acceptors (Lipinski definition) is 1. The van der Waals surface area contributed by atoms with E-state index in [4.69, 9.17) is 0 Å². The summed E-state index contributed by atoms with van der Waals surface area (Å²) in [5.41, 5.74) is 0.283. The molecule has 2 aliphatic carbocycles. The molecule has 1 nitrogen and oxygen atoms in total. The number of hydrogen-bond donors (Lipinski definition) is 0. The van der Waals surface area contributed by atoms with Gasteiger partial charge in [0.05, 0.1) is 0 Å². The lowest BCUT2D eigenvalue weighted by atomic mass is 9.75. The van der Waals surface area contributed by atoms with Gasteiger partial charge in [-0.05, 0) is 24.2 Å². The second-order valence-corrected chi connectivity index (χ2v) is 6.61. The first-order chi connectivity index (χ1) is 7.59. The van der Waals surface area contributed by atoms with E-state index < -0.39 is 0 Å². The van der Waals surface area contributed by atoms with Gasteiger partial charge in [-0.15, -0.1) is 0 Å². The Kier molecular flexibility index (Phi) is 3.71. The smallest absolute Gasteiger partial charge is 0.136 e. The minimum absolute atomic E-state index is 0.283. The van der Waals surface area contributed by atoms with E-state index in [1.165, 1.54) is 44.9 Å². The van der Waals surface area contributed by atoms with Crippen molar-refractivity contribution in [1.29, 1.82) is 0 Å². The summed E-state index contributed by atoms with van der Waals surface area (Å²) < 4.78 is 0. The Hall–Kier alpha value is -0.330. The van der Waals surface area contributed by atoms with Gasteiger partial charge in [-0.1, -0.05) is 52.4 Å². The molecule has 0 heterocycles. The minimum Gasteiger partial charge on any atom is -0.299 e. The van der Waals surface area contributed by atoms with Gasteiger partial charge in [-0.3, -0.25) is 4.79 Å². The third-order valence-corrected chi connectivity index (χ3v) is 4.86. The quantitative estimate of drug-likeness (QED) is 0.693. The van der Waals surface area contributed by atoms with Gasteiger partial charge in [0.25, 0.3) is 0 Å². The van der Waals surface area contributed by atoms with Crippen LogP contribution >= 0.6 is 0 Å². The van der Waals surface area contributed by atoms with Crippen molar-refractivity contribution >= 4 is 5.78 Å². The molecule has 2 saturated carbocycles. The molecule has 92 valence electrons. The van der Waals surface area contributed by atoms with Crippen LogP contribution in [0.3, 0.4) is 0 Å². The highest BCUT2D eigenvalue weighted by atomic mass is 16.1. The summed E-state index contributed by atoms with van der Waals surface area (Å²) >= 11 is 0. The maximum Gasteiger partial charge on any atom is 0.136 e. The van der Waals surface area contributed by atoms with Crippen LogP contribution in [0.5, 0.6) is 0 Å². The van der Waals surface area contributed by atoms with Crippen molar-refractivity contribution in [2.24, 2.45) is 17.3 Å². The monoisotopic (exact) mass is 222 g/mol. The van der Waals surface area contributed by atoms with E-state index in [-0.39, 0.29) is 5.41 Å². The standard InChI is InChI=1S/C15H26O/c1-15(2)10-6-9-13(15)14(16)11-12-7-4-3-5-8-12/h12-13H,3-11H2,1-2H3. The first-order valence-corrected chi connectivity index (χ1v) is 7.12. The SMILES string of the molecule is CC1(C)CCCC1C(=O)CC1CCCCC1. The molecule has 0 aromatic rings.